The van der Waals surface area contributed by atoms with Gasteiger partial charge in [-0.2, -0.15) is 0 Å². The fraction of sp³-hybridized carbons (Fsp3) is 0.233. The number of aliphatic carboxylic acids is 1. The number of ketones is 1. The van der Waals surface area contributed by atoms with E-state index >= 15 is 0 Å². The van der Waals surface area contributed by atoms with Gasteiger partial charge in [0.15, 0.2) is 23.4 Å². The van der Waals surface area contributed by atoms with E-state index in [1.807, 2.05) is 30.3 Å². The van der Waals surface area contributed by atoms with Crippen LogP contribution in [0.15, 0.2) is 69.9 Å². The molecule has 38 heavy (non-hydrogen) atoms. The van der Waals surface area contributed by atoms with Crippen LogP contribution in [0.1, 0.15) is 39.2 Å². The summed E-state index contributed by atoms with van der Waals surface area (Å²) < 4.78 is 21.8. The van der Waals surface area contributed by atoms with Crippen molar-refractivity contribution in [1.82, 2.24) is 0 Å². The fourth-order valence-corrected chi connectivity index (χ4v) is 4.36. The molecule has 0 aliphatic rings. The number of carbonyl (C=O) groups excluding carboxylic acids is 1. The van der Waals surface area contributed by atoms with Gasteiger partial charge in [0, 0.05) is 5.56 Å². The normalized spacial score (nSPS) is 11.7. The summed E-state index contributed by atoms with van der Waals surface area (Å²) in [6.45, 7) is 3.48. The summed E-state index contributed by atoms with van der Waals surface area (Å²) in [5.41, 5.74) is 1.81. The standard InChI is InChI=1S/C30H28O8/c1-17-12-21(13-18(2)28(17)37-23(29(32)33)11-10-19-8-6-5-7-9-19)27(31)26-15-20-14-24(35-3)25(36-4)16-22(20)30(34)38-26/h5-9,12-16,23H,10-11H2,1-4H3,(H,32,33). The van der Waals surface area contributed by atoms with Crippen LogP contribution in [0.25, 0.3) is 10.8 Å². The van der Waals surface area contributed by atoms with E-state index in [-0.39, 0.29) is 23.1 Å². The van der Waals surface area contributed by atoms with E-state index in [2.05, 4.69) is 0 Å². The van der Waals surface area contributed by atoms with Crippen molar-refractivity contribution < 1.29 is 33.3 Å². The third-order valence-corrected chi connectivity index (χ3v) is 6.28. The number of hydrogen-bond donors (Lipinski definition) is 1. The second kappa shape index (κ2) is 11.2. The van der Waals surface area contributed by atoms with Crippen molar-refractivity contribution in [1.29, 1.82) is 0 Å². The van der Waals surface area contributed by atoms with Crippen LogP contribution in [0, 0.1) is 13.8 Å². The van der Waals surface area contributed by atoms with Crippen molar-refractivity contribution in [2.75, 3.05) is 14.2 Å². The molecule has 0 radical (unpaired) electrons. The van der Waals surface area contributed by atoms with Gasteiger partial charge in [0.2, 0.25) is 5.78 Å². The average Bonchev–Trinajstić information content (AvgIpc) is 2.91. The molecule has 1 unspecified atom stereocenters. The largest absolute Gasteiger partial charge is 0.493 e. The lowest BCUT2D eigenvalue weighted by Crippen LogP contribution is -2.28. The third-order valence-electron chi connectivity index (χ3n) is 6.28. The van der Waals surface area contributed by atoms with Crippen LogP contribution in [-0.4, -0.2) is 37.2 Å². The molecule has 0 bridgehead atoms. The number of fused-ring (bicyclic) bond motifs is 1. The lowest BCUT2D eigenvalue weighted by atomic mass is 10.00. The van der Waals surface area contributed by atoms with Crippen LogP contribution in [0.5, 0.6) is 17.2 Å². The molecule has 4 rings (SSSR count). The molecular formula is C30H28O8. The highest BCUT2D eigenvalue weighted by Gasteiger charge is 2.23. The van der Waals surface area contributed by atoms with E-state index in [9.17, 15) is 19.5 Å². The second-order valence-corrected chi connectivity index (χ2v) is 8.93. The molecule has 1 N–H and O–H groups in total. The molecule has 0 spiro atoms. The van der Waals surface area contributed by atoms with Crippen molar-refractivity contribution in [3.63, 3.8) is 0 Å². The first kappa shape index (κ1) is 26.5. The van der Waals surface area contributed by atoms with Crippen LogP contribution < -0.4 is 19.8 Å². The van der Waals surface area contributed by atoms with E-state index in [1.165, 1.54) is 26.4 Å². The molecule has 196 valence electrons. The fourth-order valence-electron chi connectivity index (χ4n) is 4.36. The van der Waals surface area contributed by atoms with Crippen LogP contribution in [-0.2, 0) is 11.2 Å². The van der Waals surface area contributed by atoms with Crippen molar-refractivity contribution in [2.45, 2.75) is 32.8 Å². The maximum atomic E-state index is 13.3. The Balaban J connectivity index is 1.61. The van der Waals surface area contributed by atoms with Gasteiger partial charge in [-0.05, 0) is 79.1 Å². The zero-order chi connectivity index (χ0) is 27.4. The third kappa shape index (κ3) is 5.54. The summed E-state index contributed by atoms with van der Waals surface area (Å²) in [4.78, 5) is 37.8. The Morgan fingerprint density at radius 2 is 1.55 bits per heavy atom. The van der Waals surface area contributed by atoms with Crippen molar-refractivity contribution >= 4 is 22.5 Å². The molecule has 3 aromatic carbocycles. The Kier molecular flexibility index (Phi) is 7.81. The zero-order valence-electron chi connectivity index (χ0n) is 21.6. The summed E-state index contributed by atoms with van der Waals surface area (Å²) in [5, 5.41) is 10.5. The molecule has 0 amide bonds. The molecule has 8 nitrogen and oxygen atoms in total. The number of benzene rings is 3. The van der Waals surface area contributed by atoms with E-state index in [4.69, 9.17) is 18.6 Å². The highest BCUT2D eigenvalue weighted by molar-refractivity contribution is 6.08. The summed E-state index contributed by atoms with van der Waals surface area (Å²) in [6.07, 6.45) is -0.223. The van der Waals surface area contributed by atoms with Gasteiger partial charge in [-0.25, -0.2) is 9.59 Å². The Bertz CT molecular complexity index is 1530. The molecule has 1 atom stereocenters. The highest BCUT2D eigenvalue weighted by Crippen LogP contribution is 2.32. The van der Waals surface area contributed by atoms with E-state index in [1.54, 1.807) is 32.0 Å². The molecule has 0 aliphatic heterocycles. The lowest BCUT2D eigenvalue weighted by molar-refractivity contribution is -0.145. The first-order valence-electron chi connectivity index (χ1n) is 12.0. The van der Waals surface area contributed by atoms with Gasteiger partial charge in [-0.1, -0.05) is 30.3 Å². The predicted octanol–water partition coefficient (Wildman–Crippen LogP) is 5.12. The Morgan fingerprint density at radius 1 is 0.921 bits per heavy atom. The SMILES string of the molecule is COc1cc2cc(C(=O)c3cc(C)c(OC(CCc4ccccc4)C(=O)O)c(C)c3)oc(=O)c2cc1OC. The molecule has 0 aliphatic carbocycles. The molecule has 0 fully saturated rings. The minimum atomic E-state index is -1.06. The summed E-state index contributed by atoms with van der Waals surface area (Å²) in [5.74, 6) is -0.498. The predicted molar refractivity (Wildman–Crippen MR) is 142 cm³/mol. The quantitative estimate of drug-likeness (QED) is 0.289. The maximum Gasteiger partial charge on any atom is 0.344 e. The highest BCUT2D eigenvalue weighted by atomic mass is 16.5. The number of hydrogen-bond acceptors (Lipinski definition) is 7. The number of rotatable bonds is 10. The second-order valence-electron chi connectivity index (χ2n) is 8.93. The maximum absolute atomic E-state index is 13.3. The zero-order valence-corrected chi connectivity index (χ0v) is 21.6. The molecule has 0 saturated carbocycles. The van der Waals surface area contributed by atoms with Crippen LogP contribution >= 0.6 is 0 Å². The van der Waals surface area contributed by atoms with E-state index < -0.39 is 23.5 Å². The summed E-state index contributed by atoms with van der Waals surface area (Å²) in [7, 11) is 2.94. The average molecular weight is 517 g/mol. The van der Waals surface area contributed by atoms with Crippen molar-refractivity contribution in [3.05, 3.63) is 99.1 Å². The molecular weight excluding hydrogens is 488 g/mol. The van der Waals surface area contributed by atoms with Crippen LogP contribution in [0.4, 0.5) is 0 Å². The van der Waals surface area contributed by atoms with Crippen molar-refractivity contribution in [3.8, 4) is 17.2 Å². The topological polar surface area (TPSA) is 112 Å². The Labute approximate surface area is 219 Å². The van der Waals surface area contributed by atoms with E-state index in [0.29, 0.717) is 40.2 Å². The van der Waals surface area contributed by atoms with Gasteiger partial charge in [0.25, 0.3) is 0 Å². The number of aryl methyl sites for hydroxylation is 3. The van der Waals surface area contributed by atoms with Crippen molar-refractivity contribution in [2.24, 2.45) is 0 Å². The van der Waals surface area contributed by atoms with E-state index in [0.717, 1.165) is 5.56 Å². The first-order chi connectivity index (χ1) is 18.2. The minimum Gasteiger partial charge on any atom is -0.493 e. The molecule has 1 aromatic heterocycles. The number of methoxy groups -OCH3 is 2. The number of carboxylic acids is 1. The minimum absolute atomic E-state index is 0.131. The van der Waals surface area contributed by atoms with Gasteiger partial charge < -0.3 is 23.7 Å². The molecule has 0 saturated heterocycles. The Hall–Kier alpha value is -4.59. The number of carbonyl (C=O) groups is 2. The van der Waals surface area contributed by atoms with Gasteiger partial charge in [-0.15, -0.1) is 0 Å². The van der Waals surface area contributed by atoms with Gasteiger partial charge in [-0.3, -0.25) is 4.79 Å². The summed E-state index contributed by atoms with van der Waals surface area (Å²) in [6, 6.07) is 17.4. The number of carboxylic acid groups (broad SMARTS) is 1. The van der Waals surface area contributed by atoms with Crippen LogP contribution in [0.2, 0.25) is 0 Å². The van der Waals surface area contributed by atoms with Gasteiger partial charge >= 0.3 is 11.6 Å². The molecule has 8 heteroatoms. The molecule has 4 aromatic rings. The Morgan fingerprint density at radius 3 is 2.16 bits per heavy atom. The summed E-state index contributed by atoms with van der Waals surface area (Å²) >= 11 is 0. The van der Waals surface area contributed by atoms with Gasteiger partial charge in [0.1, 0.15) is 5.75 Å². The van der Waals surface area contributed by atoms with Crippen LogP contribution in [0.3, 0.4) is 0 Å². The molecule has 1 heterocycles. The number of ether oxygens (including phenoxy) is 3. The first-order valence-corrected chi connectivity index (χ1v) is 12.0. The smallest absolute Gasteiger partial charge is 0.344 e. The lowest BCUT2D eigenvalue weighted by Gasteiger charge is -2.19. The monoisotopic (exact) mass is 516 g/mol. The van der Waals surface area contributed by atoms with Gasteiger partial charge in [0.05, 0.1) is 19.6 Å².